The fourth-order valence-electron chi connectivity index (χ4n) is 2.55. The summed E-state index contributed by atoms with van der Waals surface area (Å²) in [5, 5.41) is 12.4. The van der Waals surface area contributed by atoms with Crippen LogP contribution in [0.25, 0.3) is 0 Å². The van der Waals surface area contributed by atoms with E-state index in [0.717, 1.165) is 6.42 Å². The van der Waals surface area contributed by atoms with E-state index in [9.17, 15) is 13.2 Å². The molecule has 108 valence electrons. The van der Waals surface area contributed by atoms with Gasteiger partial charge in [0.2, 0.25) is 0 Å². The number of hydrogen-bond acceptors (Lipinski definition) is 3. The van der Waals surface area contributed by atoms with Crippen molar-refractivity contribution in [2.75, 3.05) is 12.9 Å². The smallest absolute Gasteiger partial charge is 0.391 e. The Morgan fingerprint density at radius 1 is 1.39 bits per heavy atom. The predicted octanol–water partition coefficient (Wildman–Crippen LogP) is 2.81. The van der Waals surface area contributed by atoms with Crippen molar-refractivity contribution >= 4 is 11.8 Å². The van der Waals surface area contributed by atoms with Crippen LogP contribution in [0.15, 0.2) is 0 Å². The van der Waals surface area contributed by atoms with Gasteiger partial charge in [-0.05, 0) is 32.4 Å². The summed E-state index contributed by atoms with van der Waals surface area (Å²) in [5.41, 5.74) is 0. The molecule has 6 heteroatoms. The molecule has 0 amide bonds. The number of thioether (sulfide) groups is 1. The van der Waals surface area contributed by atoms with Gasteiger partial charge in [0.25, 0.3) is 0 Å². The van der Waals surface area contributed by atoms with Gasteiger partial charge in [0.05, 0.1) is 12.5 Å². The second-order valence-corrected chi connectivity index (χ2v) is 6.09. The Hall–Kier alpha value is 0.0600. The molecule has 1 fully saturated rings. The van der Waals surface area contributed by atoms with E-state index in [1.165, 1.54) is 11.8 Å². The van der Waals surface area contributed by atoms with E-state index in [2.05, 4.69) is 5.32 Å². The molecule has 0 saturated heterocycles. The van der Waals surface area contributed by atoms with E-state index in [1.54, 1.807) is 0 Å². The van der Waals surface area contributed by atoms with Crippen LogP contribution in [0.4, 0.5) is 13.2 Å². The zero-order valence-corrected chi connectivity index (χ0v) is 11.7. The third-order valence-electron chi connectivity index (χ3n) is 3.68. The third kappa shape index (κ3) is 4.63. The largest absolute Gasteiger partial charge is 0.395 e. The number of hydrogen-bond donors (Lipinski definition) is 2. The topological polar surface area (TPSA) is 32.3 Å². The molecule has 18 heavy (non-hydrogen) atoms. The molecule has 2 nitrogen and oxygen atoms in total. The molecule has 1 rings (SSSR count). The van der Waals surface area contributed by atoms with Gasteiger partial charge in [0.15, 0.2) is 0 Å². The zero-order valence-electron chi connectivity index (χ0n) is 10.8. The van der Waals surface area contributed by atoms with Crippen LogP contribution in [0.1, 0.15) is 32.6 Å². The van der Waals surface area contributed by atoms with E-state index in [4.69, 9.17) is 5.11 Å². The summed E-state index contributed by atoms with van der Waals surface area (Å²) in [4.78, 5) is 0. The van der Waals surface area contributed by atoms with E-state index in [0.29, 0.717) is 6.42 Å². The van der Waals surface area contributed by atoms with Gasteiger partial charge in [-0.3, -0.25) is 0 Å². The maximum absolute atomic E-state index is 12.7. The summed E-state index contributed by atoms with van der Waals surface area (Å²) >= 11 is 1.54. The lowest BCUT2D eigenvalue weighted by Crippen LogP contribution is -2.47. The quantitative estimate of drug-likeness (QED) is 0.814. The molecule has 2 N–H and O–H groups in total. The van der Waals surface area contributed by atoms with Crippen LogP contribution < -0.4 is 5.32 Å². The fraction of sp³-hybridized carbons (Fsp3) is 1.00. The second kappa shape index (κ2) is 7.01. The average Bonchev–Trinajstić information content (AvgIpc) is 2.29. The molecule has 1 aliphatic rings. The molecule has 0 bridgehead atoms. The van der Waals surface area contributed by atoms with E-state index in [1.807, 2.05) is 13.2 Å². The number of rotatable bonds is 5. The highest BCUT2D eigenvalue weighted by Crippen LogP contribution is 2.37. The Labute approximate surface area is 111 Å². The van der Waals surface area contributed by atoms with Crippen LogP contribution in [-0.4, -0.2) is 41.5 Å². The molecular formula is C12H22F3NOS. The van der Waals surface area contributed by atoms with Gasteiger partial charge in [0, 0.05) is 17.3 Å². The highest BCUT2D eigenvalue weighted by Gasteiger charge is 2.42. The summed E-state index contributed by atoms with van der Waals surface area (Å²) in [5.74, 6) is -1.17. The van der Waals surface area contributed by atoms with E-state index >= 15 is 0 Å². The lowest BCUT2D eigenvalue weighted by molar-refractivity contribution is -0.183. The lowest BCUT2D eigenvalue weighted by atomic mass is 9.85. The van der Waals surface area contributed by atoms with Crippen molar-refractivity contribution in [1.29, 1.82) is 0 Å². The van der Waals surface area contributed by atoms with Crippen molar-refractivity contribution in [2.45, 2.75) is 56.1 Å². The Balaban J connectivity index is 2.47. The van der Waals surface area contributed by atoms with Gasteiger partial charge in [-0.1, -0.05) is 6.42 Å². The van der Waals surface area contributed by atoms with Gasteiger partial charge < -0.3 is 10.4 Å². The van der Waals surface area contributed by atoms with Crippen molar-refractivity contribution in [2.24, 2.45) is 5.92 Å². The molecule has 4 atom stereocenters. The van der Waals surface area contributed by atoms with Gasteiger partial charge in [-0.2, -0.15) is 24.9 Å². The normalized spacial score (nSPS) is 29.0. The summed E-state index contributed by atoms with van der Waals surface area (Å²) in [6.07, 6.45) is -0.332. The van der Waals surface area contributed by atoms with Crippen LogP contribution in [0, 0.1) is 5.92 Å². The first kappa shape index (κ1) is 16.1. The van der Waals surface area contributed by atoms with Crippen LogP contribution in [0.2, 0.25) is 0 Å². The summed E-state index contributed by atoms with van der Waals surface area (Å²) < 4.78 is 38.0. The predicted molar refractivity (Wildman–Crippen MR) is 68.8 cm³/mol. The van der Waals surface area contributed by atoms with Gasteiger partial charge >= 0.3 is 6.18 Å². The van der Waals surface area contributed by atoms with Crippen LogP contribution in [-0.2, 0) is 0 Å². The number of aliphatic hydroxyl groups excluding tert-OH is 1. The molecular weight excluding hydrogens is 263 g/mol. The van der Waals surface area contributed by atoms with Gasteiger partial charge in [-0.15, -0.1) is 0 Å². The molecule has 1 aliphatic carbocycles. The minimum atomic E-state index is -4.07. The van der Waals surface area contributed by atoms with E-state index < -0.39 is 12.1 Å². The van der Waals surface area contributed by atoms with Gasteiger partial charge in [-0.25, -0.2) is 0 Å². The molecule has 0 aromatic rings. The highest BCUT2D eigenvalue weighted by molar-refractivity contribution is 7.99. The fourth-order valence-corrected chi connectivity index (χ4v) is 3.19. The number of alkyl halides is 3. The third-order valence-corrected chi connectivity index (χ3v) is 4.84. The monoisotopic (exact) mass is 285 g/mol. The molecule has 0 aliphatic heterocycles. The minimum absolute atomic E-state index is 0.0296. The SMILES string of the molecule is CSC(CO)C(C)NC1CCCC(C(F)(F)F)C1. The first-order valence-electron chi connectivity index (χ1n) is 6.35. The van der Waals surface area contributed by atoms with Crippen molar-refractivity contribution in [1.82, 2.24) is 5.32 Å². The molecule has 1 saturated carbocycles. The number of nitrogens with one attached hydrogen (secondary N) is 1. The van der Waals surface area contributed by atoms with Crippen molar-refractivity contribution in [3.63, 3.8) is 0 Å². The molecule has 0 aromatic heterocycles. The molecule has 0 radical (unpaired) electrons. The standard InChI is InChI=1S/C12H22F3NOS/c1-8(11(7-17)18-2)16-10-5-3-4-9(6-10)12(13,14)15/h8-11,16-17H,3-7H2,1-2H3. The maximum Gasteiger partial charge on any atom is 0.391 e. The first-order chi connectivity index (χ1) is 8.38. The zero-order chi connectivity index (χ0) is 13.8. The van der Waals surface area contributed by atoms with Crippen molar-refractivity contribution in [3.05, 3.63) is 0 Å². The lowest BCUT2D eigenvalue weighted by Gasteiger charge is -2.34. The Bertz CT molecular complexity index is 246. The average molecular weight is 285 g/mol. The Morgan fingerprint density at radius 3 is 2.56 bits per heavy atom. The number of halogens is 3. The Kier molecular flexibility index (Phi) is 6.27. The minimum Gasteiger partial charge on any atom is -0.395 e. The van der Waals surface area contributed by atoms with E-state index in [-0.39, 0.29) is 36.8 Å². The molecule has 0 spiro atoms. The van der Waals surface area contributed by atoms with Gasteiger partial charge in [0.1, 0.15) is 0 Å². The van der Waals surface area contributed by atoms with Crippen LogP contribution >= 0.6 is 11.8 Å². The maximum atomic E-state index is 12.7. The summed E-state index contributed by atoms with van der Waals surface area (Å²) in [6, 6.07) is -0.0523. The summed E-state index contributed by atoms with van der Waals surface area (Å²) in [7, 11) is 0. The molecule has 0 heterocycles. The number of aliphatic hydroxyl groups is 1. The van der Waals surface area contributed by atoms with Crippen molar-refractivity contribution in [3.8, 4) is 0 Å². The molecule has 4 unspecified atom stereocenters. The van der Waals surface area contributed by atoms with Crippen molar-refractivity contribution < 1.29 is 18.3 Å². The van der Waals surface area contributed by atoms with Crippen LogP contribution in [0.3, 0.4) is 0 Å². The Morgan fingerprint density at radius 2 is 2.06 bits per heavy atom. The summed E-state index contributed by atoms with van der Waals surface area (Å²) in [6.45, 7) is 1.97. The highest BCUT2D eigenvalue weighted by atomic mass is 32.2. The first-order valence-corrected chi connectivity index (χ1v) is 7.63. The molecule has 0 aromatic carbocycles. The van der Waals surface area contributed by atoms with Crippen LogP contribution in [0.5, 0.6) is 0 Å². The second-order valence-electron chi connectivity index (χ2n) is 5.01.